The van der Waals surface area contributed by atoms with Crippen LogP contribution in [0.4, 0.5) is 0 Å². The summed E-state index contributed by atoms with van der Waals surface area (Å²) in [5.41, 5.74) is 0. The molecule has 0 radical (unpaired) electrons. The number of rotatable bonds is 10. The normalized spacial score (nSPS) is 18.7. The summed E-state index contributed by atoms with van der Waals surface area (Å²) in [6, 6.07) is 0.634. The zero-order valence-electron chi connectivity index (χ0n) is 11.3. The summed E-state index contributed by atoms with van der Waals surface area (Å²) in [5.74, 6) is 0. The number of ether oxygens (including phenoxy) is 1. The van der Waals surface area contributed by atoms with Crippen molar-refractivity contribution in [3.05, 3.63) is 0 Å². The second-order valence-electron chi connectivity index (χ2n) is 5.18. The first-order valence-corrected chi connectivity index (χ1v) is 7.32. The summed E-state index contributed by atoms with van der Waals surface area (Å²) in [6.45, 7) is 4.16. The SMILES string of the molecule is CCCCCCOCC(O)CNC1CCCC1. The van der Waals surface area contributed by atoms with Gasteiger partial charge in [-0.1, -0.05) is 39.0 Å². The molecule has 0 bridgehead atoms. The van der Waals surface area contributed by atoms with E-state index in [9.17, 15) is 5.11 Å². The van der Waals surface area contributed by atoms with E-state index in [2.05, 4.69) is 12.2 Å². The number of hydrogen-bond acceptors (Lipinski definition) is 3. The highest BCUT2D eigenvalue weighted by Gasteiger charge is 2.15. The smallest absolute Gasteiger partial charge is 0.0897 e. The Balaban J connectivity index is 1.85. The summed E-state index contributed by atoms with van der Waals surface area (Å²) in [6.07, 6.45) is 9.77. The van der Waals surface area contributed by atoms with Gasteiger partial charge in [-0.15, -0.1) is 0 Å². The van der Waals surface area contributed by atoms with E-state index in [1.807, 2.05) is 0 Å². The maximum absolute atomic E-state index is 9.72. The van der Waals surface area contributed by atoms with Crippen molar-refractivity contribution < 1.29 is 9.84 Å². The van der Waals surface area contributed by atoms with Crippen molar-refractivity contribution in [2.24, 2.45) is 0 Å². The molecule has 1 saturated carbocycles. The fraction of sp³-hybridized carbons (Fsp3) is 1.00. The quantitative estimate of drug-likeness (QED) is 0.579. The summed E-state index contributed by atoms with van der Waals surface area (Å²) in [7, 11) is 0. The van der Waals surface area contributed by atoms with Crippen molar-refractivity contribution in [1.29, 1.82) is 0 Å². The summed E-state index contributed by atoms with van der Waals surface area (Å²) in [5, 5.41) is 13.1. The highest BCUT2D eigenvalue weighted by molar-refractivity contribution is 4.74. The third-order valence-electron chi connectivity index (χ3n) is 3.45. The molecule has 0 saturated heterocycles. The van der Waals surface area contributed by atoms with Crippen LogP contribution in [-0.4, -0.2) is 37.0 Å². The van der Waals surface area contributed by atoms with Crippen LogP contribution in [0.3, 0.4) is 0 Å². The Morgan fingerprint density at radius 2 is 2.00 bits per heavy atom. The Hall–Kier alpha value is -0.120. The van der Waals surface area contributed by atoms with E-state index in [-0.39, 0.29) is 6.10 Å². The van der Waals surface area contributed by atoms with Gasteiger partial charge in [-0.2, -0.15) is 0 Å². The molecule has 0 aromatic heterocycles. The van der Waals surface area contributed by atoms with Crippen LogP contribution in [0.2, 0.25) is 0 Å². The number of hydrogen-bond donors (Lipinski definition) is 2. The van der Waals surface area contributed by atoms with Gasteiger partial charge in [0.15, 0.2) is 0 Å². The predicted molar refractivity (Wildman–Crippen MR) is 71.2 cm³/mol. The topological polar surface area (TPSA) is 41.5 Å². The van der Waals surface area contributed by atoms with Gasteiger partial charge >= 0.3 is 0 Å². The van der Waals surface area contributed by atoms with Gasteiger partial charge in [0.25, 0.3) is 0 Å². The molecule has 3 nitrogen and oxygen atoms in total. The number of nitrogens with one attached hydrogen (secondary N) is 1. The molecule has 0 aliphatic heterocycles. The Bertz CT molecular complexity index is 170. The largest absolute Gasteiger partial charge is 0.389 e. The van der Waals surface area contributed by atoms with Gasteiger partial charge in [0.1, 0.15) is 0 Å². The Morgan fingerprint density at radius 1 is 1.24 bits per heavy atom. The summed E-state index contributed by atoms with van der Waals surface area (Å²) >= 11 is 0. The average molecular weight is 243 g/mol. The van der Waals surface area contributed by atoms with Crippen LogP contribution in [-0.2, 0) is 4.74 Å². The van der Waals surface area contributed by atoms with Crippen LogP contribution in [0.25, 0.3) is 0 Å². The highest BCUT2D eigenvalue weighted by Crippen LogP contribution is 2.17. The van der Waals surface area contributed by atoms with E-state index >= 15 is 0 Å². The number of aliphatic hydroxyl groups excluding tert-OH is 1. The van der Waals surface area contributed by atoms with Gasteiger partial charge in [0.2, 0.25) is 0 Å². The molecule has 1 aliphatic carbocycles. The lowest BCUT2D eigenvalue weighted by Crippen LogP contribution is -2.36. The summed E-state index contributed by atoms with van der Waals surface area (Å²) < 4.78 is 5.47. The van der Waals surface area contributed by atoms with Crippen LogP contribution >= 0.6 is 0 Å². The van der Waals surface area contributed by atoms with E-state index in [0.29, 0.717) is 19.2 Å². The first-order valence-electron chi connectivity index (χ1n) is 7.32. The lowest BCUT2D eigenvalue weighted by Gasteiger charge is -2.16. The maximum atomic E-state index is 9.72. The van der Waals surface area contributed by atoms with Crippen molar-refractivity contribution in [3.8, 4) is 0 Å². The Labute approximate surface area is 106 Å². The average Bonchev–Trinajstić information content (AvgIpc) is 2.84. The van der Waals surface area contributed by atoms with Gasteiger partial charge in [0.05, 0.1) is 12.7 Å². The summed E-state index contributed by atoms with van der Waals surface area (Å²) in [4.78, 5) is 0. The highest BCUT2D eigenvalue weighted by atomic mass is 16.5. The molecule has 1 fully saturated rings. The van der Waals surface area contributed by atoms with Crippen molar-refractivity contribution >= 4 is 0 Å². The molecule has 0 spiro atoms. The van der Waals surface area contributed by atoms with Gasteiger partial charge < -0.3 is 15.2 Å². The zero-order valence-corrected chi connectivity index (χ0v) is 11.3. The molecule has 1 unspecified atom stereocenters. The fourth-order valence-corrected chi connectivity index (χ4v) is 2.34. The third kappa shape index (κ3) is 7.74. The lowest BCUT2D eigenvalue weighted by molar-refractivity contribution is 0.0342. The van der Waals surface area contributed by atoms with Crippen molar-refractivity contribution in [3.63, 3.8) is 0 Å². The molecule has 1 aliphatic rings. The molecule has 1 atom stereocenters. The van der Waals surface area contributed by atoms with Crippen molar-refractivity contribution in [2.45, 2.75) is 70.4 Å². The van der Waals surface area contributed by atoms with Gasteiger partial charge in [-0.25, -0.2) is 0 Å². The minimum atomic E-state index is -0.346. The van der Waals surface area contributed by atoms with E-state index in [1.54, 1.807) is 0 Å². The molecule has 0 heterocycles. The number of unbranched alkanes of at least 4 members (excludes halogenated alkanes) is 3. The maximum Gasteiger partial charge on any atom is 0.0897 e. The molecular weight excluding hydrogens is 214 g/mol. The molecular formula is C14H29NO2. The third-order valence-corrected chi connectivity index (χ3v) is 3.45. The van der Waals surface area contributed by atoms with Crippen LogP contribution < -0.4 is 5.32 Å². The second-order valence-corrected chi connectivity index (χ2v) is 5.18. The van der Waals surface area contributed by atoms with Crippen LogP contribution in [0.1, 0.15) is 58.3 Å². The second kappa shape index (κ2) is 9.86. The molecule has 2 N–H and O–H groups in total. The minimum Gasteiger partial charge on any atom is -0.389 e. The molecule has 0 amide bonds. The first kappa shape index (κ1) is 14.9. The molecule has 102 valence electrons. The standard InChI is InChI=1S/C14H29NO2/c1-2-3-4-7-10-17-12-14(16)11-15-13-8-5-6-9-13/h13-16H,2-12H2,1H3. The van der Waals surface area contributed by atoms with Crippen molar-refractivity contribution in [2.75, 3.05) is 19.8 Å². The molecule has 3 heteroatoms. The first-order chi connectivity index (χ1) is 8.33. The van der Waals surface area contributed by atoms with Crippen LogP contribution in [0.15, 0.2) is 0 Å². The molecule has 0 aromatic rings. The van der Waals surface area contributed by atoms with Crippen molar-refractivity contribution in [1.82, 2.24) is 5.32 Å². The Morgan fingerprint density at radius 3 is 2.71 bits per heavy atom. The van der Waals surface area contributed by atoms with Gasteiger partial charge in [0, 0.05) is 19.2 Å². The predicted octanol–water partition coefficient (Wildman–Crippen LogP) is 2.48. The zero-order chi connectivity index (χ0) is 12.3. The van der Waals surface area contributed by atoms with E-state index < -0.39 is 0 Å². The fourth-order valence-electron chi connectivity index (χ4n) is 2.34. The van der Waals surface area contributed by atoms with E-state index in [1.165, 1.54) is 44.9 Å². The van der Waals surface area contributed by atoms with E-state index in [4.69, 9.17) is 4.74 Å². The van der Waals surface area contributed by atoms with Crippen LogP contribution in [0, 0.1) is 0 Å². The van der Waals surface area contributed by atoms with Gasteiger partial charge in [-0.3, -0.25) is 0 Å². The molecule has 17 heavy (non-hydrogen) atoms. The minimum absolute atomic E-state index is 0.346. The van der Waals surface area contributed by atoms with Crippen LogP contribution in [0.5, 0.6) is 0 Å². The Kier molecular flexibility index (Phi) is 8.67. The number of aliphatic hydroxyl groups is 1. The molecule has 0 aromatic carbocycles. The van der Waals surface area contributed by atoms with E-state index in [0.717, 1.165) is 13.0 Å². The molecule has 1 rings (SSSR count). The lowest BCUT2D eigenvalue weighted by atomic mass is 10.2. The van der Waals surface area contributed by atoms with Gasteiger partial charge in [-0.05, 0) is 19.3 Å². The monoisotopic (exact) mass is 243 g/mol.